The predicted octanol–water partition coefficient (Wildman–Crippen LogP) is 2.93. The van der Waals surface area contributed by atoms with Crippen LogP contribution in [0.3, 0.4) is 0 Å². The van der Waals surface area contributed by atoms with Crippen LogP contribution in [0.5, 0.6) is 0 Å². The molecule has 1 aromatic heterocycles. The van der Waals surface area contributed by atoms with Gasteiger partial charge >= 0.3 is 0 Å². The third-order valence-electron chi connectivity index (χ3n) is 5.54. The summed E-state index contributed by atoms with van der Waals surface area (Å²) in [5.74, 6) is 0.192. The molecule has 1 fully saturated rings. The molecule has 0 saturated carbocycles. The number of rotatable bonds is 6. The Labute approximate surface area is 151 Å². The Morgan fingerprint density at radius 1 is 1.36 bits per heavy atom. The number of allylic oxidation sites excluding steroid dienone is 2. The highest BCUT2D eigenvalue weighted by Crippen LogP contribution is 2.34. The zero-order chi connectivity index (χ0) is 18.6. The van der Waals surface area contributed by atoms with E-state index in [9.17, 15) is 9.90 Å². The average Bonchev–Trinajstić information content (AvgIpc) is 2.83. The Balaban J connectivity index is 2.00. The Morgan fingerprint density at radius 2 is 2.08 bits per heavy atom. The molecule has 0 unspecified atom stereocenters. The second-order valence-electron chi connectivity index (χ2n) is 7.84. The van der Waals surface area contributed by atoms with E-state index in [1.165, 1.54) is 11.1 Å². The predicted molar refractivity (Wildman–Crippen MR) is 100 cm³/mol. The summed E-state index contributed by atoms with van der Waals surface area (Å²) in [4.78, 5) is 14.7. The fourth-order valence-electron chi connectivity index (χ4n) is 3.77. The van der Waals surface area contributed by atoms with Gasteiger partial charge in [0.25, 0.3) is 0 Å². The highest BCUT2D eigenvalue weighted by Gasteiger charge is 2.35. The summed E-state index contributed by atoms with van der Waals surface area (Å²) < 4.78 is 1.88. The van der Waals surface area contributed by atoms with Crippen molar-refractivity contribution in [2.75, 3.05) is 19.7 Å². The molecule has 0 aliphatic carbocycles. The lowest BCUT2D eigenvalue weighted by Gasteiger charge is -2.41. The Bertz CT molecular complexity index is 644. The van der Waals surface area contributed by atoms with E-state index in [-0.39, 0.29) is 17.9 Å². The van der Waals surface area contributed by atoms with Gasteiger partial charge in [0.15, 0.2) is 0 Å². The van der Waals surface area contributed by atoms with Crippen LogP contribution in [-0.2, 0) is 18.3 Å². The normalized spacial score (nSPS) is 20.6. The molecule has 1 aliphatic rings. The molecule has 140 valence electrons. The first-order valence-corrected chi connectivity index (χ1v) is 9.29. The van der Waals surface area contributed by atoms with Crippen molar-refractivity contribution >= 4 is 5.91 Å². The van der Waals surface area contributed by atoms with Gasteiger partial charge in [-0.3, -0.25) is 9.48 Å². The molecule has 2 heterocycles. The zero-order valence-corrected chi connectivity index (χ0v) is 16.4. The minimum atomic E-state index is -0.175. The number of likely N-dealkylation sites (tertiary alicyclic amines) is 1. The summed E-state index contributed by atoms with van der Waals surface area (Å²) in [6.45, 7) is 9.82. The molecule has 1 amide bonds. The van der Waals surface area contributed by atoms with E-state index in [4.69, 9.17) is 0 Å². The number of carbonyl (C=O) groups is 1. The van der Waals surface area contributed by atoms with E-state index in [2.05, 4.69) is 31.9 Å². The number of piperidine rings is 1. The van der Waals surface area contributed by atoms with Crippen molar-refractivity contribution in [2.24, 2.45) is 12.5 Å². The van der Waals surface area contributed by atoms with Crippen molar-refractivity contribution in [1.82, 2.24) is 14.7 Å². The molecule has 0 bridgehead atoms. The van der Waals surface area contributed by atoms with Crippen LogP contribution in [0, 0.1) is 19.3 Å². The van der Waals surface area contributed by atoms with Gasteiger partial charge in [-0.25, -0.2) is 0 Å². The SMILES string of the molecule is CC(C)=CC[C@@]1(CO)CCCN(C(=O)CCc2c(C)nn(C)c2C)C1. The summed E-state index contributed by atoms with van der Waals surface area (Å²) >= 11 is 0. The molecule has 0 radical (unpaired) electrons. The van der Waals surface area contributed by atoms with Gasteiger partial charge in [-0.2, -0.15) is 5.10 Å². The van der Waals surface area contributed by atoms with Crippen LogP contribution in [0.2, 0.25) is 0 Å². The number of amides is 1. The number of aromatic nitrogens is 2. The zero-order valence-electron chi connectivity index (χ0n) is 16.4. The average molecular weight is 348 g/mol. The first-order chi connectivity index (χ1) is 11.8. The second-order valence-corrected chi connectivity index (χ2v) is 7.84. The first kappa shape index (κ1) is 19.7. The van der Waals surface area contributed by atoms with Crippen molar-refractivity contribution in [3.63, 3.8) is 0 Å². The van der Waals surface area contributed by atoms with Crippen LogP contribution in [0.4, 0.5) is 0 Å². The fraction of sp³-hybridized carbons (Fsp3) is 0.700. The van der Waals surface area contributed by atoms with Gasteiger partial charge < -0.3 is 10.0 Å². The van der Waals surface area contributed by atoms with Gasteiger partial charge in [-0.15, -0.1) is 0 Å². The number of hydrogen-bond acceptors (Lipinski definition) is 3. The number of carbonyl (C=O) groups excluding carboxylic acids is 1. The fourth-order valence-corrected chi connectivity index (χ4v) is 3.77. The maximum atomic E-state index is 12.7. The van der Waals surface area contributed by atoms with E-state index in [1.54, 1.807) is 0 Å². The summed E-state index contributed by atoms with van der Waals surface area (Å²) in [6.07, 6.45) is 6.23. The standard InChI is InChI=1S/C20H33N3O2/c1-15(2)9-11-20(14-24)10-6-12-23(13-20)19(25)8-7-18-16(3)21-22(5)17(18)4/h9,24H,6-8,10-14H2,1-5H3/t20-/m0/s1. The third-order valence-corrected chi connectivity index (χ3v) is 5.54. The molecular formula is C20H33N3O2. The van der Waals surface area contributed by atoms with Crippen LogP contribution < -0.4 is 0 Å². The Hall–Kier alpha value is -1.62. The maximum Gasteiger partial charge on any atom is 0.222 e. The smallest absolute Gasteiger partial charge is 0.222 e. The Kier molecular flexibility index (Phi) is 6.44. The van der Waals surface area contributed by atoms with Gasteiger partial charge in [0, 0.05) is 37.7 Å². The molecule has 1 aromatic rings. The molecule has 25 heavy (non-hydrogen) atoms. The van der Waals surface area contributed by atoms with Crippen molar-refractivity contribution < 1.29 is 9.90 Å². The molecule has 5 nitrogen and oxygen atoms in total. The van der Waals surface area contributed by atoms with E-state index in [1.807, 2.05) is 23.6 Å². The highest BCUT2D eigenvalue weighted by molar-refractivity contribution is 5.76. The van der Waals surface area contributed by atoms with Gasteiger partial charge in [-0.05, 0) is 58.9 Å². The molecule has 0 aromatic carbocycles. The van der Waals surface area contributed by atoms with Crippen molar-refractivity contribution in [2.45, 2.75) is 59.8 Å². The first-order valence-electron chi connectivity index (χ1n) is 9.29. The number of aliphatic hydroxyl groups is 1. The van der Waals surface area contributed by atoms with Crippen molar-refractivity contribution in [1.29, 1.82) is 0 Å². The van der Waals surface area contributed by atoms with Crippen LogP contribution in [0.15, 0.2) is 11.6 Å². The number of aryl methyl sites for hydroxylation is 2. The largest absolute Gasteiger partial charge is 0.396 e. The summed E-state index contributed by atoms with van der Waals surface area (Å²) in [6, 6.07) is 0. The topological polar surface area (TPSA) is 58.4 Å². The second kappa shape index (κ2) is 8.17. The molecule has 5 heteroatoms. The van der Waals surface area contributed by atoms with Crippen molar-refractivity contribution in [3.8, 4) is 0 Å². The molecule has 1 aliphatic heterocycles. The minimum absolute atomic E-state index is 0.140. The van der Waals surface area contributed by atoms with Crippen molar-refractivity contribution in [3.05, 3.63) is 28.6 Å². The van der Waals surface area contributed by atoms with Gasteiger partial charge in [0.2, 0.25) is 5.91 Å². The van der Waals surface area contributed by atoms with Crippen LogP contribution in [0.25, 0.3) is 0 Å². The summed E-state index contributed by atoms with van der Waals surface area (Å²) in [7, 11) is 1.94. The lowest BCUT2D eigenvalue weighted by molar-refractivity contribution is -0.135. The molecular weight excluding hydrogens is 314 g/mol. The molecule has 1 N–H and O–H groups in total. The lowest BCUT2D eigenvalue weighted by Crippen LogP contribution is -2.47. The third kappa shape index (κ3) is 4.72. The van der Waals surface area contributed by atoms with E-state index in [0.717, 1.165) is 43.6 Å². The van der Waals surface area contributed by atoms with Gasteiger partial charge in [-0.1, -0.05) is 11.6 Å². The minimum Gasteiger partial charge on any atom is -0.396 e. The van der Waals surface area contributed by atoms with E-state index >= 15 is 0 Å². The monoisotopic (exact) mass is 347 g/mol. The number of nitrogens with zero attached hydrogens (tertiary/aromatic N) is 3. The van der Waals surface area contributed by atoms with Crippen LogP contribution >= 0.6 is 0 Å². The van der Waals surface area contributed by atoms with Crippen LogP contribution in [0.1, 0.15) is 56.5 Å². The quantitative estimate of drug-likeness (QED) is 0.805. The summed E-state index contributed by atoms with van der Waals surface area (Å²) in [5, 5.41) is 14.4. The molecule has 2 rings (SSSR count). The molecule has 0 spiro atoms. The summed E-state index contributed by atoms with van der Waals surface area (Å²) in [5.41, 5.74) is 4.42. The highest BCUT2D eigenvalue weighted by atomic mass is 16.3. The number of aliphatic hydroxyl groups excluding tert-OH is 1. The number of hydrogen-bond donors (Lipinski definition) is 1. The maximum absolute atomic E-state index is 12.7. The Morgan fingerprint density at radius 3 is 2.64 bits per heavy atom. The molecule has 1 atom stereocenters. The van der Waals surface area contributed by atoms with E-state index < -0.39 is 0 Å². The van der Waals surface area contributed by atoms with Crippen LogP contribution in [-0.4, -0.2) is 45.4 Å². The van der Waals surface area contributed by atoms with Gasteiger partial charge in [0.1, 0.15) is 0 Å². The lowest BCUT2D eigenvalue weighted by atomic mass is 9.77. The van der Waals surface area contributed by atoms with Gasteiger partial charge in [0.05, 0.1) is 12.3 Å². The van der Waals surface area contributed by atoms with E-state index in [0.29, 0.717) is 13.0 Å². The molecule has 1 saturated heterocycles.